The van der Waals surface area contributed by atoms with E-state index >= 15 is 0 Å². The average molecular weight is 521 g/mol. The third kappa shape index (κ3) is 5.54. The normalized spacial score (nSPS) is 19.0. The topological polar surface area (TPSA) is 101 Å². The molecule has 38 heavy (non-hydrogen) atoms. The van der Waals surface area contributed by atoms with Crippen molar-refractivity contribution in [3.63, 3.8) is 0 Å². The number of aromatic nitrogens is 3. The van der Waals surface area contributed by atoms with Crippen LogP contribution in [0, 0.1) is 12.8 Å². The molecule has 2 saturated heterocycles. The van der Waals surface area contributed by atoms with Crippen molar-refractivity contribution in [2.45, 2.75) is 52.7 Å². The summed E-state index contributed by atoms with van der Waals surface area (Å²) in [7, 11) is 0. The second-order valence-electron chi connectivity index (χ2n) is 11.1. The van der Waals surface area contributed by atoms with Crippen LogP contribution < -0.4 is 15.0 Å². The van der Waals surface area contributed by atoms with Gasteiger partial charge in [-0.05, 0) is 46.8 Å². The smallest absolute Gasteiger partial charge is 0.410 e. The van der Waals surface area contributed by atoms with Crippen LogP contribution in [0.15, 0.2) is 36.7 Å². The Labute approximate surface area is 222 Å². The molecular weight excluding hydrogens is 484 g/mol. The highest BCUT2D eigenvalue weighted by Gasteiger charge is 2.29. The van der Waals surface area contributed by atoms with Gasteiger partial charge in [-0.1, -0.05) is 12.1 Å². The van der Waals surface area contributed by atoms with E-state index in [1.54, 1.807) is 11.1 Å². The van der Waals surface area contributed by atoms with E-state index < -0.39 is 5.60 Å². The number of aryl methyl sites for hydroxylation is 1. The summed E-state index contributed by atoms with van der Waals surface area (Å²) in [6.07, 6.45) is 3.75. The third-order valence-electron chi connectivity index (χ3n) is 7.08. The number of benzene rings is 1. The maximum absolute atomic E-state index is 12.4. The summed E-state index contributed by atoms with van der Waals surface area (Å²) in [5.74, 6) is 0.683. The number of hydrogen-bond acceptors (Lipinski definition) is 7. The Balaban J connectivity index is 1.30. The molecule has 4 heterocycles. The zero-order valence-corrected chi connectivity index (χ0v) is 22.7. The molecular formula is C28H36N6O4. The van der Waals surface area contributed by atoms with Crippen molar-refractivity contribution in [3.05, 3.63) is 42.2 Å². The second kappa shape index (κ2) is 10.2. The fourth-order valence-corrected chi connectivity index (χ4v) is 4.89. The molecule has 1 N–H and O–H groups in total. The Bertz CT molecular complexity index is 1320. The molecule has 2 aliphatic heterocycles. The number of piperazine rings is 1. The molecule has 0 saturated carbocycles. The van der Waals surface area contributed by atoms with E-state index in [4.69, 9.17) is 14.5 Å². The fourth-order valence-electron chi connectivity index (χ4n) is 4.89. The summed E-state index contributed by atoms with van der Waals surface area (Å²) in [6.45, 7) is 13.0. The summed E-state index contributed by atoms with van der Waals surface area (Å²) in [6, 6.07) is 8.26. The quantitative estimate of drug-likeness (QED) is 0.548. The number of fused-ring (bicyclic) bond motifs is 1. The van der Waals surface area contributed by atoms with Crippen molar-refractivity contribution >= 4 is 23.2 Å². The second-order valence-corrected chi connectivity index (χ2v) is 11.1. The molecule has 202 valence electrons. The lowest BCUT2D eigenvalue weighted by Crippen LogP contribution is -2.50. The Morgan fingerprint density at radius 3 is 2.47 bits per heavy atom. The molecule has 0 radical (unpaired) electrons. The summed E-state index contributed by atoms with van der Waals surface area (Å²) in [4.78, 5) is 33.0. The van der Waals surface area contributed by atoms with Gasteiger partial charge in [-0.2, -0.15) is 5.10 Å². The van der Waals surface area contributed by atoms with Crippen LogP contribution in [0.5, 0.6) is 5.88 Å². The largest absolute Gasteiger partial charge is 0.473 e. The first kappa shape index (κ1) is 25.8. The minimum Gasteiger partial charge on any atom is -0.473 e. The fraction of sp³-hybridized carbons (Fsp3) is 0.500. The molecule has 10 heteroatoms. The Hall–Kier alpha value is -3.82. The molecule has 2 unspecified atom stereocenters. The first-order valence-corrected chi connectivity index (χ1v) is 13.2. The molecule has 0 bridgehead atoms. The van der Waals surface area contributed by atoms with Gasteiger partial charge in [0.2, 0.25) is 11.8 Å². The lowest BCUT2D eigenvalue weighted by molar-refractivity contribution is -0.119. The minimum atomic E-state index is -0.494. The van der Waals surface area contributed by atoms with Crippen LogP contribution >= 0.6 is 0 Å². The monoisotopic (exact) mass is 520 g/mol. The van der Waals surface area contributed by atoms with E-state index in [0.29, 0.717) is 31.9 Å². The Kier molecular flexibility index (Phi) is 6.90. The molecule has 5 rings (SSSR count). The van der Waals surface area contributed by atoms with Crippen LogP contribution in [-0.4, -0.2) is 75.9 Å². The number of rotatable bonds is 5. The molecule has 2 atom stereocenters. The van der Waals surface area contributed by atoms with E-state index in [2.05, 4.69) is 27.4 Å². The Morgan fingerprint density at radius 2 is 1.84 bits per heavy atom. The zero-order chi connectivity index (χ0) is 27.0. The van der Waals surface area contributed by atoms with Crippen LogP contribution in [0.2, 0.25) is 0 Å². The van der Waals surface area contributed by atoms with E-state index in [1.807, 2.05) is 57.5 Å². The van der Waals surface area contributed by atoms with Crippen molar-refractivity contribution < 1.29 is 19.1 Å². The maximum atomic E-state index is 12.4. The van der Waals surface area contributed by atoms with Gasteiger partial charge in [-0.25, -0.2) is 14.3 Å². The molecule has 3 aromatic rings. The van der Waals surface area contributed by atoms with Gasteiger partial charge in [0.25, 0.3) is 0 Å². The van der Waals surface area contributed by atoms with Gasteiger partial charge in [-0.15, -0.1) is 0 Å². The van der Waals surface area contributed by atoms with E-state index in [1.165, 1.54) is 0 Å². The lowest BCUT2D eigenvalue weighted by atomic mass is 10.0. The summed E-state index contributed by atoms with van der Waals surface area (Å²) in [5, 5.41) is 7.38. The van der Waals surface area contributed by atoms with Crippen molar-refractivity contribution in [1.82, 2.24) is 24.8 Å². The summed E-state index contributed by atoms with van der Waals surface area (Å²) < 4.78 is 13.6. The van der Waals surface area contributed by atoms with Crippen LogP contribution in [0.25, 0.3) is 16.8 Å². The highest BCUT2D eigenvalue weighted by molar-refractivity contribution is 5.78. The number of anilines is 1. The SMILES string of the molecule is Cc1cnn2cc(-c3ccc(N4CCN(C(=O)OC(C)(C)C)CC4)cc3)nc(OC(C)C3CNC(=O)C3)c12. The highest BCUT2D eigenvalue weighted by atomic mass is 16.6. The third-order valence-corrected chi connectivity index (χ3v) is 7.08. The predicted molar refractivity (Wildman–Crippen MR) is 144 cm³/mol. The standard InChI is InChI=1S/C28H36N6O4/c1-18-15-30-34-17-23(31-26(25(18)34)37-19(2)21-14-24(35)29-16-21)20-6-8-22(9-7-20)32-10-12-33(13-11-32)27(36)38-28(3,4)5/h6-9,15,17,19,21H,10-14,16H2,1-5H3,(H,29,35). The molecule has 2 fully saturated rings. The number of hydrogen-bond donors (Lipinski definition) is 1. The first-order chi connectivity index (χ1) is 18.1. The van der Waals surface area contributed by atoms with Crippen molar-refractivity contribution in [2.75, 3.05) is 37.6 Å². The van der Waals surface area contributed by atoms with Gasteiger partial charge in [0.15, 0.2) is 0 Å². The van der Waals surface area contributed by atoms with E-state index in [-0.39, 0.29) is 24.0 Å². The Morgan fingerprint density at radius 1 is 1.13 bits per heavy atom. The maximum Gasteiger partial charge on any atom is 0.410 e. The van der Waals surface area contributed by atoms with Gasteiger partial charge in [0.05, 0.1) is 18.1 Å². The highest BCUT2D eigenvalue weighted by Crippen LogP contribution is 2.30. The molecule has 0 aliphatic carbocycles. The van der Waals surface area contributed by atoms with Crippen LogP contribution in [0.4, 0.5) is 10.5 Å². The number of amides is 2. The summed E-state index contributed by atoms with van der Waals surface area (Å²) >= 11 is 0. The summed E-state index contributed by atoms with van der Waals surface area (Å²) in [5.41, 5.74) is 4.12. The van der Waals surface area contributed by atoms with E-state index in [9.17, 15) is 9.59 Å². The number of carbonyl (C=O) groups is 2. The number of nitrogens with one attached hydrogen (secondary N) is 1. The van der Waals surface area contributed by atoms with Gasteiger partial charge >= 0.3 is 6.09 Å². The van der Waals surface area contributed by atoms with Gasteiger partial charge in [0.1, 0.15) is 17.2 Å². The van der Waals surface area contributed by atoms with Crippen molar-refractivity contribution in [2.24, 2.45) is 5.92 Å². The van der Waals surface area contributed by atoms with Crippen LogP contribution in [0.3, 0.4) is 0 Å². The van der Waals surface area contributed by atoms with Gasteiger partial charge in [0, 0.05) is 61.9 Å². The molecule has 1 aromatic carbocycles. The molecule has 2 aliphatic rings. The molecule has 2 amide bonds. The van der Waals surface area contributed by atoms with E-state index in [0.717, 1.165) is 41.1 Å². The zero-order valence-electron chi connectivity index (χ0n) is 22.7. The van der Waals surface area contributed by atoms with Crippen LogP contribution in [0.1, 0.15) is 39.7 Å². The number of nitrogens with zero attached hydrogens (tertiary/aromatic N) is 5. The van der Waals surface area contributed by atoms with Crippen molar-refractivity contribution in [1.29, 1.82) is 0 Å². The first-order valence-electron chi connectivity index (χ1n) is 13.2. The van der Waals surface area contributed by atoms with Gasteiger partial charge in [-0.3, -0.25) is 4.79 Å². The number of carbonyl (C=O) groups excluding carboxylic acids is 2. The van der Waals surface area contributed by atoms with Crippen molar-refractivity contribution in [3.8, 4) is 17.1 Å². The molecule has 2 aromatic heterocycles. The minimum absolute atomic E-state index is 0.0594. The van der Waals surface area contributed by atoms with Crippen LogP contribution in [-0.2, 0) is 9.53 Å². The predicted octanol–water partition coefficient (Wildman–Crippen LogP) is 3.67. The average Bonchev–Trinajstić information content (AvgIpc) is 3.49. The van der Waals surface area contributed by atoms with Gasteiger partial charge < -0.3 is 24.6 Å². The number of ether oxygens (including phenoxy) is 2. The lowest BCUT2D eigenvalue weighted by Gasteiger charge is -2.36. The molecule has 0 spiro atoms. The molecule has 10 nitrogen and oxygen atoms in total.